The van der Waals surface area contributed by atoms with Gasteiger partial charge in [-0.05, 0) is 50.2 Å². The maximum Gasteiger partial charge on any atom is 0.243 e. The molecule has 1 fully saturated rings. The van der Waals surface area contributed by atoms with Gasteiger partial charge in [0.15, 0.2) is 0 Å². The number of likely N-dealkylation sites (N-methyl/N-ethyl adjacent to an activating group) is 1. The second-order valence-corrected chi connectivity index (χ2v) is 10.3. The molecular formula is C24H33N3O4S. The van der Waals surface area contributed by atoms with Crippen molar-refractivity contribution in [1.29, 1.82) is 0 Å². The van der Waals surface area contributed by atoms with Crippen LogP contribution in [0.1, 0.15) is 17.5 Å². The molecule has 0 radical (unpaired) electrons. The number of hydrogen-bond acceptors (Lipinski definition) is 5. The Hall–Kier alpha value is -2.26. The predicted molar refractivity (Wildman–Crippen MR) is 125 cm³/mol. The molecule has 2 aromatic rings. The van der Waals surface area contributed by atoms with Crippen LogP contribution in [-0.2, 0) is 32.4 Å². The molecule has 2 aromatic carbocycles. The minimum absolute atomic E-state index is 0.00204. The summed E-state index contributed by atoms with van der Waals surface area (Å²) in [5, 5.41) is 3.15. The van der Waals surface area contributed by atoms with E-state index in [0.29, 0.717) is 39.1 Å². The van der Waals surface area contributed by atoms with E-state index in [1.807, 2.05) is 32.3 Å². The predicted octanol–water partition coefficient (Wildman–Crippen LogP) is 1.93. The Balaban J connectivity index is 1.54. The molecule has 1 amide bonds. The molecular weight excluding hydrogens is 426 g/mol. The van der Waals surface area contributed by atoms with Crippen molar-refractivity contribution in [2.24, 2.45) is 0 Å². The van der Waals surface area contributed by atoms with Crippen molar-refractivity contribution in [2.45, 2.75) is 30.2 Å². The first-order chi connectivity index (χ1) is 15.3. The van der Waals surface area contributed by atoms with E-state index in [1.165, 1.54) is 9.87 Å². The fraction of sp³-hybridized carbons (Fsp3) is 0.458. The number of carbonyl (C=O) groups excluding carboxylic acids is 1. The highest BCUT2D eigenvalue weighted by Crippen LogP contribution is 2.18. The molecule has 32 heavy (non-hydrogen) atoms. The smallest absolute Gasteiger partial charge is 0.243 e. The second-order valence-electron chi connectivity index (χ2n) is 8.38. The topological polar surface area (TPSA) is 79.0 Å². The fourth-order valence-corrected chi connectivity index (χ4v) is 5.23. The van der Waals surface area contributed by atoms with Crippen LogP contribution in [0.5, 0.6) is 0 Å². The Morgan fingerprint density at radius 3 is 2.31 bits per heavy atom. The molecule has 3 rings (SSSR count). The Labute approximate surface area is 191 Å². The number of rotatable bonds is 10. The quantitative estimate of drug-likeness (QED) is 0.587. The molecule has 174 valence electrons. The third-order valence-electron chi connectivity index (χ3n) is 5.45. The van der Waals surface area contributed by atoms with Gasteiger partial charge in [0.25, 0.3) is 0 Å². The summed E-state index contributed by atoms with van der Waals surface area (Å²) >= 11 is 0. The molecule has 7 nitrogen and oxygen atoms in total. The van der Waals surface area contributed by atoms with E-state index in [1.54, 1.807) is 24.3 Å². The van der Waals surface area contributed by atoms with Gasteiger partial charge >= 0.3 is 0 Å². The van der Waals surface area contributed by atoms with Crippen LogP contribution in [0.25, 0.3) is 0 Å². The van der Waals surface area contributed by atoms with Crippen molar-refractivity contribution in [3.8, 4) is 0 Å². The van der Waals surface area contributed by atoms with Crippen LogP contribution in [0, 0.1) is 0 Å². The van der Waals surface area contributed by atoms with E-state index >= 15 is 0 Å². The summed E-state index contributed by atoms with van der Waals surface area (Å²) < 4.78 is 32.1. The lowest BCUT2D eigenvalue weighted by Gasteiger charge is -2.26. The molecule has 0 spiro atoms. The lowest BCUT2D eigenvalue weighted by atomic mass is 10.0. The van der Waals surface area contributed by atoms with Gasteiger partial charge in [-0.1, -0.05) is 42.5 Å². The van der Waals surface area contributed by atoms with Gasteiger partial charge in [0.05, 0.1) is 18.1 Å². The van der Waals surface area contributed by atoms with E-state index in [2.05, 4.69) is 22.3 Å². The molecule has 1 N–H and O–H groups in total. The van der Waals surface area contributed by atoms with E-state index in [-0.39, 0.29) is 16.8 Å². The number of morpholine rings is 1. The van der Waals surface area contributed by atoms with Crippen molar-refractivity contribution in [3.63, 3.8) is 0 Å². The number of amides is 1. The molecule has 1 aliphatic heterocycles. The Bertz CT molecular complexity index is 956. The molecule has 1 heterocycles. The summed E-state index contributed by atoms with van der Waals surface area (Å²) in [4.78, 5) is 14.9. The van der Waals surface area contributed by atoms with Gasteiger partial charge in [0.1, 0.15) is 0 Å². The lowest BCUT2D eigenvalue weighted by Crippen LogP contribution is -2.43. The zero-order chi connectivity index (χ0) is 23.0. The summed E-state index contributed by atoms with van der Waals surface area (Å²) in [5.41, 5.74) is 2.13. The third-order valence-corrected chi connectivity index (χ3v) is 7.36. The van der Waals surface area contributed by atoms with Gasteiger partial charge in [0.2, 0.25) is 15.9 Å². The molecule has 1 unspecified atom stereocenters. The van der Waals surface area contributed by atoms with Crippen LogP contribution >= 0.6 is 0 Å². The van der Waals surface area contributed by atoms with Crippen molar-refractivity contribution in [1.82, 2.24) is 14.5 Å². The Morgan fingerprint density at radius 2 is 1.69 bits per heavy atom. The maximum atomic E-state index is 12.7. The highest BCUT2D eigenvalue weighted by molar-refractivity contribution is 7.89. The molecule has 8 heteroatoms. The van der Waals surface area contributed by atoms with Crippen molar-refractivity contribution >= 4 is 15.9 Å². The van der Waals surface area contributed by atoms with E-state index in [9.17, 15) is 13.2 Å². The van der Waals surface area contributed by atoms with Gasteiger partial charge in [0, 0.05) is 32.1 Å². The summed E-state index contributed by atoms with van der Waals surface area (Å²) in [6.07, 6.45) is 1.69. The molecule has 0 saturated carbocycles. The first-order valence-corrected chi connectivity index (χ1v) is 12.4. The van der Waals surface area contributed by atoms with Crippen LogP contribution in [-0.4, -0.2) is 76.5 Å². The molecule has 1 atom stereocenters. The lowest BCUT2D eigenvalue weighted by molar-refractivity contribution is -0.121. The first kappa shape index (κ1) is 24.4. The minimum atomic E-state index is -3.50. The monoisotopic (exact) mass is 459 g/mol. The number of nitrogens with zero attached hydrogens (tertiary/aromatic N) is 2. The Kier molecular flexibility index (Phi) is 8.81. The normalized spacial score (nSPS) is 16.1. The average molecular weight is 460 g/mol. The third kappa shape index (κ3) is 7.13. The van der Waals surface area contributed by atoms with Gasteiger partial charge in [-0.3, -0.25) is 4.79 Å². The summed E-state index contributed by atoms with van der Waals surface area (Å²) in [5.74, 6) is -0.00204. The summed E-state index contributed by atoms with van der Waals surface area (Å²) in [6, 6.07) is 17.0. The number of carbonyl (C=O) groups is 1. The van der Waals surface area contributed by atoms with Crippen LogP contribution in [0.15, 0.2) is 59.5 Å². The molecule has 0 bridgehead atoms. The van der Waals surface area contributed by atoms with Crippen molar-refractivity contribution < 1.29 is 17.9 Å². The van der Waals surface area contributed by atoms with Gasteiger partial charge in [-0.2, -0.15) is 4.31 Å². The maximum absolute atomic E-state index is 12.7. The minimum Gasteiger partial charge on any atom is -0.379 e. The molecule has 0 aliphatic carbocycles. The first-order valence-electron chi connectivity index (χ1n) is 11.0. The van der Waals surface area contributed by atoms with E-state index < -0.39 is 10.0 Å². The zero-order valence-electron chi connectivity index (χ0n) is 18.9. The van der Waals surface area contributed by atoms with Crippen LogP contribution in [0.2, 0.25) is 0 Å². The SMILES string of the molecule is CN(C)CC(Cc1ccccc1)NC(=O)CCc1ccc(S(=O)(=O)N2CCOCC2)cc1. The van der Waals surface area contributed by atoms with Crippen molar-refractivity contribution in [2.75, 3.05) is 46.9 Å². The number of sulfonamides is 1. The van der Waals surface area contributed by atoms with E-state index in [4.69, 9.17) is 4.74 Å². The summed E-state index contributed by atoms with van der Waals surface area (Å²) in [7, 11) is 0.495. The van der Waals surface area contributed by atoms with Gasteiger partial charge < -0.3 is 15.0 Å². The van der Waals surface area contributed by atoms with Crippen LogP contribution in [0.3, 0.4) is 0 Å². The van der Waals surface area contributed by atoms with Crippen molar-refractivity contribution in [3.05, 3.63) is 65.7 Å². The number of hydrogen-bond donors (Lipinski definition) is 1. The average Bonchev–Trinajstić information content (AvgIpc) is 2.79. The second kappa shape index (κ2) is 11.6. The van der Waals surface area contributed by atoms with Gasteiger partial charge in [-0.25, -0.2) is 8.42 Å². The van der Waals surface area contributed by atoms with Gasteiger partial charge in [-0.15, -0.1) is 0 Å². The summed E-state index contributed by atoms with van der Waals surface area (Å²) in [6.45, 7) is 2.36. The number of ether oxygens (including phenoxy) is 1. The Morgan fingerprint density at radius 1 is 1.03 bits per heavy atom. The fourth-order valence-electron chi connectivity index (χ4n) is 3.82. The largest absolute Gasteiger partial charge is 0.379 e. The number of aryl methyl sites for hydroxylation is 1. The van der Waals surface area contributed by atoms with Crippen LogP contribution in [0.4, 0.5) is 0 Å². The number of benzene rings is 2. The number of nitrogens with one attached hydrogen (secondary N) is 1. The highest BCUT2D eigenvalue weighted by atomic mass is 32.2. The molecule has 0 aromatic heterocycles. The van der Waals surface area contributed by atoms with E-state index in [0.717, 1.165) is 18.5 Å². The zero-order valence-corrected chi connectivity index (χ0v) is 19.7. The van der Waals surface area contributed by atoms with Crippen LogP contribution < -0.4 is 5.32 Å². The molecule has 1 aliphatic rings. The molecule has 1 saturated heterocycles. The standard InChI is InChI=1S/C24H33N3O4S/c1-26(2)19-22(18-21-6-4-3-5-7-21)25-24(28)13-10-20-8-11-23(12-9-20)32(29,30)27-14-16-31-17-15-27/h3-9,11-12,22H,10,13-19H2,1-2H3,(H,25,28). The highest BCUT2D eigenvalue weighted by Gasteiger charge is 2.26.